The fourth-order valence-corrected chi connectivity index (χ4v) is 1.50. The predicted octanol–water partition coefficient (Wildman–Crippen LogP) is 3.27. The lowest BCUT2D eigenvalue weighted by molar-refractivity contribution is 0.0842. The number of ketones is 1. The van der Waals surface area contributed by atoms with Crippen LogP contribution in [0.3, 0.4) is 0 Å². The summed E-state index contributed by atoms with van der Waals surface area (Å²) >= 11 is 0. The molecule has 0 radical (unpaired) electrons. The molecule has 100 valence electrons. The van der Waals surface area contributed by atoms with E-state index in [0.717, 1.165) is 24.6 Å². The highest BCUT2D eigenvalue weighted by atomic mass is 19.1. The van der Waals surface area contributed by atoms with Gasteiger partial charge in [0, 0.05) is 5.54 Å². The summed E-state index contributed by atoms with van der Waals surface area (Å²) in [6, 6.07) is 2.93. The molecule has 0 bridgehead atoms. The number of hydrogen-bond acceptors (Lipinski definition) is 2. The Morgan fingerprint density at radius 2 is 1.94 bits per heavy atom. The van der Waals surface area contributed by atoms with Gasteiger partial charge < -0.3 is 0 Å². The molecule has 0 amide bonds. The van der Waals surface area contributed by atoms with E-state index >= 15 is 0 Å². The molecule has 0 fully saturated rings. The Hall–Kier alpha value is -1.29. The molecule has 0 unspecified atom stereocenters. The Balaban J connectivity index is 2.86. The Morgan fingerprint density at radius 1 is 1.33 bits per heavy atom. The van der Waals surface area contributed by atoms with Crippen molar-refractivity contribution in [2.75, 3.05) is 13.6 Å². The molecule has 0 saturated carbocycles. The van der Waals surface area contributed by atoms with Gasteiger partial charge in [0.15, 0.2) is 5.78 Å². The molecule has 2 nitrogen and oxygen atoms in total. The van der Waals surface area contributed by atoms with Crippen molar-refractivity contribution in [1.29, 1.82) is 0 Å². The topological polar surface area (TPSA) is 20.3 Å². The molecule has 18 heavy (non-hydrogen) atoms. The minimum Gasteiger partial charge on any atom is -0.294 e. The number of carbonyl (C=O) groups is 1. The fraction of sp³-hybridized carbons (Fsp3) is 0.500. The molecule has 1 aromatic rings. The quantitative estimate of drug-likeness (QED) is 0.753. The lowest BCUT2D eigenvalue weighted by Gasteiger charge is -2.34. The van der Waals surface area contributed by atoms with Crippen LogP contribution in [-0.4, -0.2) is 29.8 Å². The first-order valence-corrected chi connectivity index (χ1v) is 5.97. The van der Waals surface area contributed by atoms with E-state index in [-0.39, 0.29) is 17.6 Å². The Morgan fingerprint density at radius 3 is 2.50 bits per heavy atom. The molecule has 1 rings (SSSR count). The summed E-state index contributed by atoms with van der Waals surface area (Å²) in [6.07, 6.45) is 0.864. The van der Waals surface area contributed by atoms with Gasteiger partial charge in [-0.05, 0) is 45.5 Å². The lowest BCUT2D eigenvalue weighted by atomic mass is 9.99. The lowest BCUT2D eigenvalue weighted by Crippen LogP contribution is -2.43. The minimum absolute atomic E-state index is 0.0706. The summed E-state index contributed by atoms with van der Waals surface area (Å²) in [6.45, 7) is 6.09. The van der Waals surface area contributed by atoms with Crippen LogP contribution >= 0.6 is 0 Å². The number of hydrogen-bond donors (Lipinski definition) is 0. The third kappa shape index (κ3) is 3.35. The van der Waals surface area contributed by atoms with Gasteiger partial charge in [-0.2, -0.15) is 0 Å². The number of carbonyl (C=O) groups excluding carboxylic acids is 1. The van der Waals surface area contributed by atoms with Gasteiger partial charge in [0.1, 0.15) is 11.6 Å². The van der Waals surface area contributed by atoms with Gasteiger partial charge >= 0.3 is 0 Å². The van der Waals surface area contributed by atoms with Gasteiger partial charge in [0.2, 0.25) is 0 Å². The van der Waals surface area contributed by atoms with E-state index in [1.54, 1.807) is 7.05 Å². The van der Waals surface area contributed by atoms with E-state index in [9.17, 15) is 13.6 Å². The Kier molecular flexibility index (Phi) is 4.57. The monoisotopic (exact) mass is 255 g/mol. The predicted molar refractivity (Wildman–Crippen MR) is 67.7 cm³/mol. The van der Waals surface area contributed by atoms with Crippen LogP contribution in [0.1, 0.15) is 37.6 Å². The third-order valence-corrected chi connectivity index (χ3v) is 3.51. The van der Waals surface area contributed by atoms with Crippen LogP contribution < -0.4 is 0 Å². The van der Waals surface area contributed by atoms with Gasteiger partial charge in [-0.3, -0.25) is 9.69 Å². The zero-order valence-corrected chi connectivity index (χ0v) is 11.3. The largest absolute Gasteiger partial charge is 0.294 e. The van der Waals surface area contributed by atoms with Crippen molar-refractivity contribution >= 4 is 5.78 Å². The molecule has 0 saturated heterocycles. The minimum atomic E-state index is -0.677. The van der Waals surface area contributed by atoms with E-state index in [1.165, 1.54) is 0 Å². The maximum atomic E-state index is 13.4. The zero-order chi connectivity index (χ0) is 13.9. The molecule has 0 aliphatic heterocycles. The van der Waals surface area contributed by atoms with Crippen LogP contribution in [0.2, 0.25) is 0 Å². The number of benzene rings is 1. The van der Waals surface area contributed by atoms with E-state index in [0.29, 0.717) is 0 Å². The summed E-state index contributed by atoms with van der Waals surface area (Å²) in [5.74, 6) is -1.68. The van der Waals surface area contributed by atoms with E-state index < -0.39 is 17.4 Å². The van der Waals surface area contributed by atoms with E-state index in [2.05, 4.69) is 0 Å². The normalized spacial score (nSPS) is 11.9. The highest BCUT2D eigenvalue weighted by Gasteiger charge is 2.24. The van der Waals surface area contributed by atoms with E-state index in [1.807, 2.05) is 25.7 Å². The highest BCUT2D eigenvalue weighted by molar-refractivity contribution is 5.97. The van der Waals surface area contributed by atoms with Crippen LogP contribution in [0.4, 0.5) is 8.78 Å². The first-order chi connectivity index (χ1) is 8.27. The average molecular weight is 255 g/mol. The van der Waals surface area contributed by atoms with Crippen molar-refractivity contribution in [3.8, 4) is 0 Å². The highest BCUT2D eigenvalue weighted by Crippen LogP contribution is 2.18. The number of halogens is 2. The van der Waals surface area contributed by atoms with Gasteiger partial charge in [0.05, 0.1) is 12.1 Å². The Bertz CT molecular complexity index is 443. The molecule has 0 aliphatic carbocycles. The average Bonchev–Trinajstić information content (AvgIpc) is 2.31. The number of likely N-dealkylation sites (N-methyl/N-ethyl adjacent to an activating group) is 1. The molecule has 4 heteroatoms. The first kappa shape index (κ1) is 14.8. The summed E-state index contributed by atoms with van der Waals surface area (Å²) < 4.78 is 26.5. The second-order valence-electron chi connectivity index (χ2n) is 5.07. The summed E-state index contributed by atoms with van der Waals surface area (Å²) in [4.78, 5) is 13.8. The van der Waals surface area contributed by atoms with Crippen LogP contribution in [0.15, 0.2) is 18.2 Å². The number of Topliss-reactive ketones (excluding diaryl/α,β-unsaturated/α-hetero) is 1. The number of rotatable bonds is 5. The van der Waals surface area contributed by atoms with Crippen molar-refractivity contribution in [3.05, 3.63) is 35.4 Å². The zero-order valence-electron chi connectivity index (χ0n) is 11.3. The maximum Gasteiger partial charge on any atom is 0.179 e. The molecular formula is C14H19F2NO. The second kappa shape index (κ2) is 5.57. The van der Waals surface area contributed by atoms with Gasteiger partial charge in [-0.25, -0.2) is 8.78 Å². The van der Waals surface area contributed by atoms with Gasteiger partial charge in [-0.1, -0.05) is 6.92 Å². The molecule has 0 atom stereocenters. The Labute approximate surface area is 107 Å². The smallest absolute Gasteiger partial charge is 0.179 e. The van der Waals surface area contributed by atoms with Crippen LogP contribution in [0.5, 0.6) is 0 Å². The maximum absolute atomic E-state index is 13.4. The van der Waals surface area contributed by atoms with E-state index in [4.69, 9.17) is 0 Å². The summed E-state index contributed by atoms with van der Waals surface area (Å²) in [5.41, 5.74) is -0.340. The van der Waals surface area contributed by atoms with Crippen molar-refractivity contribution in [2.24, 2.45) is 0 Å². The van der Waals surface area contributed by atoms with Gasteiger partial charge in [-0.15, -0.1) is 0 Å². The number of nitrogens with zero attached hydrogens (tertiary/aromatic N) is 1. The molecule has 0 aliphatic rings. The van der Waals surface area contributed by atoms with Crippen molar-refractivity contribution in [1.82, 2.24) is 4.90 Å². The molecule has 0 heterocycles. The molecule has 1 aromatic carbocycles. The summed E-state index contributed by atoms with van der Waals surface area (Å²) in [5, 5.41) is 0. The van der Waals surface area contributed by atoms with Crippen LogP contribution in [-0.2, 0) is 0 Å². The van der Waals surface area contributed by atoms with Crippen LogP contribution in [0.25, 0.3) is 0 Å². The SMILES string of the molecule is CCC(C)(C)N(C)CC(=O)c1cc(F)ccc1F. The molecular weight excluding hydrogens is 236 g/mol. The van der Waals surface area contributed by atoms with Gasteiger partial charge in [0.25, 0.3) is 0 Å². The molecule has 0 N–H and O–H groups in total. The fourth-order valence-electron chi connectivity index (χ4n) is 1.50. The standard InChI is InChI=1S/C14H19F2NO/c1-5-14(2,3)17(4)9-13(18)11-8-10(15)6-7-12(11)16/h6-8H,5,9H2,1-4H3. The third-order valence-electron chi connectivity index (χ3n) is 3.51. The van der Waals surface area contributed by atoms with Crippen molar-refractivity contribution in [2.45, 2.75) is 32.7 Å². The first-order valence-electron chi connectivity index (χ1n) is 5.97. The second-order valence-corrected chi connectivity index (χ2v) is 5.07. The van der Waals surface area contributed by atoms with Crippen molar-refractivity contribution < 1.29 is 13.6 Å². The van der Waals surface area contributed by atoms with Crippen molar-refractivity contribution in [3.63, 3.8) is 0 Å². The summed E-state index contributed by atoms with van der Waals surface area (Å²) in [7, 11) is 1.80. The molecule has 0 spiro atoms. The van der Waals surface area contributed by atoms with Crippen LogP contribution in [0, 0.1) is 11.6 Å². The molecule has 0 aromatic heterocycles.